The van der Waals surface area contributed by atoms with Crippen molar-refractivity contribution in [1.82, 2.24) is 0 Å². The molecule has 1 aliphatic rings. The Balaban J connectivity index is 0.000000169. The standard InChI is InChI=1S/C14H8O2.C6H4BrFO3S/c15-13-9-5-1-2-6-10(9)14(16)12-8-4-3-7-11(12)13;7-4-1-2-6(5(8)3-4)12(9,10)11/h1-8H;1-3H,(H,9,10,11). The molecule has 0 spiro atoms. The molecule has 8 heteroatoms. The van der Waals surface area contributed by atoms with Gasteiger partial charge in [0.2, 0.25) is 0 Å². The molecule has 0 heterocycles. The third-order valence-corrected chi connectivity index (χ3v) is 5.38. The predicted molar refractivity (Wildman–Crippen MR) is 104 cm³/mol. The lowest BCUT2D eigenvalue weighted by atomic mass is 9.84. The van der Waals surface area contributed by atoms with E-state index in [0.29, 0.717) is 26.7 Å². The van der Waals surface area contributed by atoms with Crippen molar-refractivity contribution < 1.29 is 27.0 Å². The number of hydrogen-bond donors (Lipinski definition) is 1. The van der Waals surface area contributed by atoms with Gasteiger partial charge in [0, 0.05) is 26.7 Å². The number of rotatable bonds is 1. The van der Waals surface area contributed by atoms with Crippen molar-refractivity contribution in [3.63, 3.8) is 0 Å². The summed E-state index contributed by atoms with van der Waals surface area (Å²) in [5.74, 6) is -1.11. The SMILES string of the molecule is O=C1c2ccccc2C(=O)c2ccccc21.O=S(=O)(O)c1ccc(Br)cc1F. The molecule has 0 atom stereocenters. The van der Waals surface area contributed by atoms with Gasteiger partial charge in [0.05, 0.1) is 0 Å². The average molecular weight is 463 g/mol. The smallest absolute Gasteiger partial charge is 0.289 e. The predicted octanol–water partition coefficient (Wildman–Crippen LogP) is 4.30. The van der Waals surface area contributed by atoms with E-state index in [1.54, 1.807) is 48.5 Å². The largest absolute Gasteiger partial charge is 0.297 e. The number of ketones is 2. The van der Waals surface area contributed by atoms with Crippen LogP contribution in [-0.4, -0.2) is 24.5 Å². The van der Waals surface area contributed by atoms with Gasteiger partial charge in [-0.15, -0.1) is 0 Å². The van der Waals surface area contributed by atoms with Crippen molar-refractivity contribution >= 4 is 37.6 Å². The van der Waals surface area contributed by atoms with Crippen LogP contribution in [0.3, 0.4) is 0 Å². The molecule has 0 aromatic heterocycles. The second-order valence-corrected chi connectivity index (χ2v) is 8.10. The molecule has 3 aromatic rings. The molecule has 0 unspecified atom stereocenters. The Morgan fingerprint density at radius 1 is 0.750 bits per heavy atom. The molecule has 0 saturated carbocycles. The molecule has 0 bridgehead atoms. The normalized spacial score (nSPS) is 12.5. The maximum Gasteiger partial charge on any atom is 0.297 e. The Bertz CT molecular complexity index is 1100. The summed E-state index contributed by atoms with van der Waals surface area (Å²) < 4.78 is 42.6. The zero-order valence-corrected chi connectivity index (χ0v) is 16.5. The van der Waals surface area contributed by atoms with Crippen LogP contribution in [0.25, 0.3) is 0 Å². The van der Waals surface area contributed by atoms with E-state index in [2.05, 4.69) is 15.9 Å². The van der Waals surface area contributed by atoms with Gasteiger partial charge in [-0.05, 0) is 18.2 Å². The van der Waals surface area contributed by atoms with Crippen molar-refractivity contribution in [3.8, 4) is 0 Å². The van der Waals surface area contributed by atoms with Crippen LogP contribution in [0.4, 0.5) is 4.39 Å². The molecule has 0 amide bonds. The average Bonchev–Trinajstić information content (AvgIpc) is 2.65. The second kappa shape index (κ2) is 7.75. The van der Waals surface area contributed by atoms with Crippen molar-refractivity contribution in [3.05, 3.63) is 99.3 Å². The summed E-state index contributed by atoms with van der Waals surface area (Å²) in [6.07, 6.45) is 0. The Labute approximate surface area is 168 Å². The van der Waals surface area contributed by atoms with Crippen molar-refractivity contribution in [2.45, 2.75) is 4.90 Å². The molecule has 4 rings (SSSR count). The van der Waals surface area contributed by atoms with Crippen LogP contribution in [-0.2, 0) is 10.1 Å². The zero-order valence-electron chi connectivity index (χ0n) is 14.1. The third kappa shape index (κ3) is 3.94. The van der Waals surface area contributed by atoms with Gasteiger partial charge in [0.1, 0.15) is 10.7 Å². The third-order valence-electron chi connectivity index (χ3n) is 4.00. The molecule has 1 aliphatic carbocycles. The molecule has 0 aliphatic heterocycles. The summed E-state index contributed by atoms with van der Waals surface area (Å²) in [5, 5.41) is 0. The van der Waals surface area contributed by atoms with Crippen molar-refractivity contribution in [2.24, 2.45) is 0 Å². The molecule has 0 saturated heterocycles. The van der Waals surface area contributed by atoms with Gasteiger partial charge in [0.25, 0.3) is 10.1 Å². The minimum absolute atomic E-state index is 0.0641. The van der Waals surface area contributed by atoms with E-state index in [0.717, 1.165) is 12.1 Å². The van der Waals surface area contributed by atoms with E-state index in [9.17, 15) is 22.4 Å². The first-order valence-electron chi connectivity index (χ1n) is 7.90. The van der Waals surface area contributed by atoms with Gasteiger partial charge in [-0.2, -0.15) is 8.42 Å². The highest BCUT2D eigenvalue weighted by molar-refractivity contribution is 9.10. The maximum atomic E-state index is 12.8. The molecule has 1 N–H and O–H groups in total. The van der Waals surface area contributed by atoms with Crippen molar-refractivity contribution in [2.75, 3.05) is 0 Å². The first-order chi connectivity index (χ1) is 13.2. The lowest BCUT2D eigenvalue weighted by molar-refractivity contribution is 0.0979. The second-order valence-electron chi connectivity index (χ2n) is 5.80. The fourth-order valence-corrected chi connectivity index (χ4v) is 3.61. The lowest BCUT2D eigenvalue weighted by Gasteiger charge is -2.16. The number of hydrogen-bond acceptors (Lipinski definition) is 4. The van der Waals surface area contributed by atoms with Gasteiger partial charge in [-0.25, -0.2) is 4.39 Å². The van der Waals surface area contributed by atoms with Gasteiger partial charge in [-0.3, -0.25) is 14.1 Å². The molecule has 28 heavy (non-hydrogen) atoms. The number of carbonyl (C=O) groups excluding carboxylic acids is 2. The zero-order chi connectivity index (χ0) is 20.5. The van der Waals surface area contributed by atoms with E-state index in [1.807, 2.05) is 0 Å². The Kier molecular flexibility index (Phi) is 5.55. The molecular weight excluding hydrogens is 451 g/mol. The minimum Gasteiger partial charge on any atom is -0.289 e. The molecule has 3 aromatic carbocycles. The molecule has 5 nitrogen and oxygen atoms in total. The summed E-state index contributed by atoms with van der Waals surface area (Å²) in [7, 11) is -4.45. The monoisotopic (exact) mass is 462 g/mol. The number of halogens is 2. The highest BCUT2D eigenvalue weighted by Crippen LogP contribution is 2.26. The van der Waals surface area contributed by atoms with E-state index in [1.165, 1.54) is 6.07 Å². The Morgan fingerprint density at radius 2 is 1.14 bits per heavy atom. The minimum atomic E-state index is -4.45. The van der Waals surface area contributed by atoms with E-state index >= 15 is 0 Å². The Morgan fingerprint density at radius 3 is 1.46 bits per heavy atom. The summed E-state index contributed by atoms with van der Waals surface area (Å²) in [6.45, 7) is 0. The molecule has 0 fully saturated rings. The topological polar surface area (TPSA) is 88.5 Å². The lowest BCUT2D eigenvalue weighted by Crippen LogP contribution is -2.20. The van der Waals surface area contributed by atoms with Crippen LogP contribution >= 0.6 is 15.9 Å². The van der Waals surface area contributed by atoms with Crippen LogP contribution in [0.1, 0.15) is 31.8 Å². The molecule has 0 radical (unpaired) electrons. The van der Waals surface area contributed by atoms with Crippen LogP contribution in [0.5, 0.6) is 0 Å². The first kappa shape index (κ1) is 20.1. The Hall–Kier alpha value is -2.68. The highest BCUT2D eigenvalue weighted by atomic mass is 79.9. The molecular formula is C20H12BrFO5S. The fraction of sp³-hybridized carbons (Fsp3) is 0. The summed E-state index contributed by atoms with van der Waals surface area (Å²) in [5.41, 5.74) is 2.02. The number of benzene rings is 3. The quantitative estimate of drug-likeness (QED) is 0.426. The highest BCUT2D eigenvalue weighted by Gasteiger charge is 2.28. The molecule has 142 valence electrons. The van der Waals surface area contributed by atoms with Crippen molar-refractivity contribution in [1.29, 1.82) is 0 Å². The van der Waals surface area contributed by atoms with Gasteiger partial charge >= 0.3 is 0 Å². The maximum absolute atomic E-state index is 12.8. The van der Waals surface area contributed by atoms with Crippen LogP contribution in [0.15, 0.2) is 76.1 Å². The van der Waals surface area contributed by atoms with Crippen LogP contribution in [0, 0.1) is 5.82 Å². The summed E-state index contributed by atoms with van der Waals surface area (Å²) >= 11 is 2.95. The number of fused-ring (bicyclic) bond motifs is 2. The van der Waals surface area contributed by atoms with Gasteiger partial charge in [0.15, 0.2) is 11.6 Å². The van der Waals surface area contributed by atoms with Crippen LogP contribution in [0.2, 0.25) is 0 Å². The summed E-state index contributed by atoms with van der Waals surface area (Å²) in [4.78, 5) is 23.5. The van der Waals surface area contributed by atoms with E-state index in [4.69, 9.17) is 4.55 Å². The first-order valence-corrected chi connectivity index (χ1v) is 10.1. The van der Waals surface area contributed by atoms with E-state index in [-0.39, 0.29) is 11.6 Å². The summed E-state index contributed by atoms with van der Waals surface area (Å²) in [6, 6.07) is 17.2. The van der Waals surface area contributed by atoms with Gasteiger partial charge in [-0.1, -0.05) is 64.5 Å². The fourth-order valence-electron chi connectivity index (χ4n) is 2.73. The van der Waals surface area contributed by atoms with E-state index < -0.39 is 20.8 Å². The van der Waals surface area contributed by atoms with Gasteiger partial charge < -0.3 is 0 Å². The number of carbonyl (C=O) groups is 2. The van der Waals surface area contributed by atoms with Crippen LogP contribution < -0.4 is 0 Å².